The van der Waals surface area contributed by atoms with E-state index in [0.717, 1.165) is 16.7 Å². The lowest BCUT2D eigenvalue weighted by Gasteiger charge is -2.16. The third-order valence-electron chi connectivity index (χ3n) is 5.84. The van der Waals surface area contributed by atoms with Gasteiger partial charge >= 0.3 is 5.97 Å². The van der Waals surface area contributed by atoms with Crippen molar-refractivity contribution in [2.45, 2.75) is 36.6 Å². The van der Waals surface area contributed by atoms with Crippen molar-refractivity contribution >= 4 is 27.6 Å². The maximum Gasteiger partial charge on any atom is 0.325 e. The van der Waals surface area contributed by atoms with Gasteiger partial charge in [0.1, 0.15) is 11.3 Å². The fourth-order valence-corrected chi connectivity index (χ4v) is 5.44. The SMILES string of the molecule is CC(C)COc1cccc(C2CC2(NS(=O)(=O)c2ccc(-c3ccc(Cl)cc3)cc2)C(=O)O)c1. The van der Waals surface area contributed by atoms with Crippen molar-refractivity contribution in [2.75, 3.05) is 6.61 Å². The number of aliphatic carboxylic acids is 1. The summed E-state index contributed by atoms with van der Waals surface area (Å²) < 4.78 is 34.4. The summed E-state index contributed by atoms with van der Waals surface area (Å²) in [5, 5.41) is 10.6. The molecule has 8 heteroatoms. The average Bonchev–Trinajstić information content (AvgIpc) is 3.53. The Morgan fingerprint density at radius 3 is 2.29 bits per heavy atom. The first-order valence-corrected chi connectivity index (χ1v) is 12.8. The lowest BCUT2D eigenvalue weighted by atomic mass is 10.1. The number of ether oxygens (including phenoxy) is 1. The Balaban J connectivity index is 1.53. The molecular weight excluding hydrogens is 474 g/mol. The van der Waals surface area contributed by atoms with Crippen molar-refractivity contribution in [2.24, 2.45) is 5.92 Å². The topological polar surface area (TPSA) is 92.7 Å². The van der Waals surface area contributed by atoms with Crippen LogP contribution in [0.25, 0.3) is 11.1 Å². The first kappa shape index (κ1) is 24.3. The number of hydrogen-bond acceptors (Lipinski definition) is 4. The Bertz CT molecular complexity index is 1290. The second-order valence-electron chi connectivity index (χ2n) is 8.95. The fourth-order valence-electron chi connectivity index (χ4n) is 3.91. The molecule has 1 saturated carbocycles. The van der Waals surface area contributed by atoms with Crippen LogP contribution in [0.3, 0.4) is 0 Å². The molecule has 1 aliphatic rings. The first-order chi connectivity index (χ1) is 16.1. The highest BCUT2D eigenvalue weighted by molar-refractivity contribution is 7.89. The largest absolute Gasteiger partial charge is 0.493 e. The Labute approximate surface area is 204 Å². The van der Waals surface area contributed by atoms with E-state index in [1.54, 1.807) is 42.5 Å². The monoisotopic (exact) mass is 499 g/mol. The molecule has 34 heavy (non-hydrogen) atoms. The molecule has 6 nitrogen and oxygen atoms in total. The van der Waals surface area contributed by atoms with Crippen molar-refractivity contribution in [1.82, 2.24) is 4.72 Å². The van der Waals surface area contributed by atoms with E-state index in [-0.39, 0.29) is 11.3 Å². The maximum atomic E-state index is 13.1. The van der Waals surface area contributed by atoms with Gasteiger partial charge in [0.2, 0.25) is 10.0 Å². The highest BCUT2D eigenvalue weighted by Gasteiger charge is 2.63. The summed E-state index contributed by atoms with van der Waals surface area (Å²) in [5.41, 5.74) is 0.852. The second kappa shape index (κ2) is 9.41. The van der Waals surface area contributed by atoms with E-state index in [1.165, 1.54) is 12.1 Å². The van der Waals surface area contributed by atoms with Crippen LogP contribution in [0.4, 0.5) is 0 Å². The lowest BCUT2D eigenvalue weighted by molar-refractivity contribution is -0.140. The zero-order valence-electron chi connectivity index (χ0n) is 18.9. The number of carboxylic acid groups (broad SMARTS) is 1. The highest BCUT2D eigenvalue weighted by Crippen LogP contribution is 2.53. The fraction of sp³-hybridized carbons (Fsp3) is 0.269. The minimum atomic E-state index is -4.06. The van der Waals surface area contributed by atoms with Gasteiger partial charge < -0.3 is 9.84 Å². The van der Waals surface area contributed by atoms with Gasteiger partial charge in [0.25, 0.3) is 0 Å². The van der Waals surface area contributed by atoms with E-state index < -0.39 is 27.4 Å². The molecule has 0 bridgehead atoms. The molecule has 1 fully saturated rings. The van der Waals surface area contributed by atoms with Gasteiger partial charge in [0.15, 0.2) is 0 Å². The third kappa shape index (κ3) is 5.12. The predicted octanol–water partition coefficient (Wildman–Crippen LogP) is 5.33. The molecule has 2 unspecified atom stereocenters. The minimum Gasteiger partial charge on any atom is -0.493 e. The molecule has 178 valence electrons. The second-order valence-corrected chi connectivity index (χ2v) is 11.1. The number of carboxylic acids is 1. The number of halogens is 1. The molecule has 0 amide bonds. The van der Waals surface area contributed by atoms with E-state index in [1.807, 2.05) is 32.0 Å². The maximum absolute atomic E-state index is 13.1. The average molecular weight is 500 g/mol. The van der Waals surface area contributed by atoms with E-state index in [2.05, 4.69) is 4.72 Å². The van der Waals surface area contributed by atoms with Gasteiger partial charge in [-0.2, -0.15) is 4.72 Å². The number of rotatable bonds is 9. The van der Waals surface area contributed by atoms with Crippen molar-refractivity contribution < 1.29 is 23.1 Å². The van der Waals surface area contributed by atoms with Crippen LogP contribution < -0.4 is 9.46 Å². The van der Waals surface area contributed by atoms with Gasteiger partial charge in [-0.1, -0.05) is 61.8 Å². The molecule has 1 aliphatic carbocycles. The van der Waals surface area contributed by atoms with Crippen molar-refractivity contribution in [3.8, 4) is 16.9 Å². The van der Waals surface area contributed by atoms with Crippen LogP contribution >= 0.6 is 11.6 Å². The number of carbonyl (C=O) groups is 1. The molecule has 0 radical (unpaired) electrons. The van der Waals surface area contributed by atoms with E-state index in [9.17, 15) is 18.3 Å². The lowest BCUT2D eigenvalue weighted by Crippen LogP contribution is -2.44. The molecule has 0 aliphatic heterocycles. The predicted molar refractivity (Wildman–Crippen MR) is 132 cm³/mol. The summed E-state index contributed by atoms with van der Waals surface area (Å²) in [6.07, 6.45) is 0.165. The zero-order chi connectivity index (χ0) is 24.5. The molecule has 2 N–H and O–H groups in total. The summed E-state index contributed by atoms with van der Waals surface area (Å²) in [4.78, 5) is 12.2. The van der Waals surface area contributed by atoms with Crippen LogP contribution in [0, 0.1) is 5.92 Å². The highest BCUT2D eigenvalue weighted by atomic mass is 35.5. The Morgan fingerprint density at radius 1 is 1.09 bits per heavy atom. The molecule has 4 rings (SSSR count). The number of benzene rings is 3. The van der Waals surface area contributed by atoms with Gasteiger partial charge in [-0.25, -0.2) is 8.42 Å². The molecule has 0 spiro atoms. The molecular formula is C26H26ClNO5S. The van der Waals surface area contributed by atoms with E-state index in [4.69, 9.17) is 16.3 Å². The van der Waals surface area contributed by atoms with Crippen LogP contribution in [0.5, 0.6) is 5.75 Å². The number of hydrogen-bond donors (Lipinski definition) is 2. The van der Waals surface area contributed by atoms with Gasteiger partial charge in [-0.05, 0) is 65.4 Å². The quantitative estimate of drug-likeness (QED) is 0.415. The molecule has 2 atom stereocenters. The third-order valence-corrected chi connectivity index (χ3v) is 7.62. The minimum absolute atomic E-state index is 0.00510. The Kier molecular flexibility index (Phi) is 6.71. The standard InChI is InChI=1S/C26H26ClNO5S/c1-17(2)16-33-22-5-3-4-20(14-22)24-15-26(24,25(29)30)28-34(31,32)23-12-8-19(9-13-23)18-6-10-21(27)11-7-18/h3-14,17,24,28H,15-16H2,1-2H3,(H,29,30). The van der Waals surface area contributed by atoms with Crippen LogP contribution in [-0.2, 0) is 14.8 Å². The first-order valence-electron chi connectivity index (χ1n) is 11.0. The van der Waals surface area contributed by atoms with E-state index in [0.29, 0.717) is 23.3 Å². The Morgan fingerprint density at radius 2 is 1.71 bits per heavy atom. The zero-order valence-corrected chi connectivity index (χ0v) is 20.4. The van der Waals surface area contributed by atoms with Gasteiger partial charge in [-0.15, -0.1) is 0 Å². The van der Waals surface area contributed by atoms with Crippen LogP contribution in [0.2, 0.25) is 5.02 Å². The molecule has 0 heterocycles. The van der Waals surface area contributed by atoms with Crippen molar-refractivity contribution in [1.29, 1.82) is 0 Å². The molecule has 0 aromatic heterocycles. The van der Waals surface area contributed by atoms with Crippen LogP contribution in [-0.4, -0.2) is 31.6 Å². The van der Waals surface area contributed by atoms with Crippen LogP contribution in [0.15, 0.2) is 77.7 Å². The molecule has 3 aromatic rings. The molecule has 0 saturated heterocycles. The number of sulfonamides is 1. The summed E-state index contributed by atoms with van der Waals surface area (Å²) in [6.45, 7) is 4.62. The Hall–Kier alpha value is -2.87. The van der Waals surface area contributed by atoms with Crippen molar-refractivity contribution in [3.05, 3.63) is 83.4 Å². The summed E-state index contributed by atoms with van der Waals surface area (Å²) in [6, 6.07) is 20.7. The van der Waals surface area contributed by atoms with Gasteiger partial charge in [-0.3, -0.25) is 4.79 Å². The van der Waals surface area contributed by atoms with Crippen molar-refractivity contribution in [3.63, 3.8) is 0 Å². The van der Waals surface area contributed by atoms with Gasteiger partial charge in [0.05, 0.1) is 11.5 Å². The van der Waals surface area contributed by atoms with E-state index >= 15 is 0 Å². The summed E-state index contributed by atoms with van der Waals surface area (Å²) >= 11 is 5.93. The summed E-state index contributed by atoms with van der Waals surface area (Å²) in [7, 11) is -4.06. The summed E-state index contributed by atoms with van der Waals surface area (Å²) in [5.74, 6) is -0.707. The normalized spacial score (nSPS) is 19.7. The van der Waals surface area contributed by atoms with Gasteiger partial charge in [0, 0.05) is 10.9 Å². The molecule has 3 aromatic carbocycles. The number of nitrogens with one attached hydrogen (secondary N) is 1. The van der Waals surface area contributed by atoms with Crippen LogP contribution in [0.1, 0.15) is 31.7 Å². The smallest absolute Gasteiger partial charge is 0.325 e.